The summed E-state index contributed by atoms with van der Waals surface area (Å²) in [6.07, 6.45) is 7.64. The van der Waals surface area contributed by atoms with Gasteiger partial charge >= 0.3 is 0 Å². The van der Waals surface area contributed by atoms with Gasteiger partial charge in [0.1, 0.15) is 6.04 Å². The van der Waals surface area contributed by atoms with Crippen LogP contribution in [-0.4, -0.2) is 35.2 Å². The van der Waals surface area contributed by atoms with Gasteiger partial charge in [0.2, 0.25) is 17.7 Å². The molecular formula is C18H32N2O3. The first-order chi connectivity index (χ1) is 11.0. The second kappa shape index (κ2) is 10.4. The van der Waals surface area contributed by atoms with E-state index in [-0.39, 0.29) is 17.7 Å². The normalized spacial score (nSPS) is 17.2. The molecule has 0 aromatic rings. The number of nitrogens with zero attached hydrogens (tertiary/aromatic N) is 1. The number of unbranched alkanes of at least 4 members (excludes halogenated alkanes) is 1. The Kier molecular flexibility index (Phi) is 8.89. The van der Waals surface area contributed by atoms with Crippen molar-refractivity contribution < 1.29 is 14.4 Å². The Bertz CT molecular complexity index is 409. The lowest BCUT2D eigenvalue weighted by Crippen LogP contribution is -2.48. The van der Waals surface area contributed by atoms with Gasteiger partial charge in [-0.2, -0.15) is 0 Å². The van der Waals surface area contributed by atoms with Crippen LogP contribution in [-0.2, 0) is 14.4 Å². The summed E-state index contributed by atoms with van der Waals surface area (Å²) in [5.74, 6) is 0.0346. The SMILES string of the molecule is CCCC[C@@H](CC)CCC(=O)NC(=O)[C@H](CC)N1CCCC1=O. The number of rotatable bonds is 10. The minimum absolute atomic E-state index is 0.0186. The third-order valence-electron chi connectivity index (χ3n) is 4.76. The summed E-state index contributed by atoms with van der Waals surface area (Å²) in [7, 11) is 0. The molecule has 0 radical (unpaired) electrons. The van der Waals surface area contributed by atoms with Gasteiger partial charge in [-0.3, -0.25) is 19.7 Å². The molecule has 0 unspecified atom stereocenters. The Morgan fingerprint density at radius 1 is 1.17 bits per heavy atom. The largest absolute Gasteiger partial charge is 0.331 e. The molecule has 1 fully saturated rings. The predicted molar refractivity (Wildman–Crippen MR) is 90.7 cm³/mol. The molecule has 23 heavy (non-hydrogen) atoms. The van der Waals surface area contributed by atoms with Crippen LogP contribution in [0.25, 0.3) is 0 Å². The lowest BCUT2D eigenvalue weighted by Gasteiger charge is -2.25. The molecule has 1 aliphatic rings. The monoisotopic (exact) mass is 324 g/mol. The Hall–Kier alpha value is -1.39. The molecule has 0 aromatic carbocycles. The molecule has 0 spiro atoms. The Balaban J connectivity index is 2.42. The fraction of sp³-hybridized carbons (Fsp3) is 0.833. The van der Waals surface area contributed by atoms with Gasteiger partial charge in [-0.15, -0.1) is 0 Å². The van der Waals surface area contributed by atoms with Crippen molar-refractivity contribution in [2.75, 3.05) is 6.54 Å². The van der Waals surface area contributed by atoms with Gasteiger partial charge in [0.25, 0.3) is 0 Å². The molecular weight excluding hydrogens is 292 g/mol. The maximum atomic E-state index is 12.3. The third-order valence-corrected chi connectivity index (χ3v) is 4.76. The number of carbonyl (C=O) groups excluding carboxylic acids is 3. The maximum absolute atomic E-state index is 12.3. The zero-order chi connectivity index (χ0) is 17.2. The third kappa shape index (κ3) is 6.32. The van der Waals surface area contributed by atoms with Gasteiger partial charge in [0.05, 0.1) is 0 Å². The summed E-state index contributed by atoms with van der Waals surface area (Å²) >= 11 is 0. The van der Waals surface area contributed by atoms with Gasteiger partial charge in [0.15, 0.2) is 0 Å². The Morgan fingerprint density at radius 2 is 1.91 bits per heavy atom. The smallest absolute Gasteiger partial charge is 0.249 e. The van der Waals surface area contributed by atoms with Crippen LogP contribution in [0.1, 0.15) is 78.6 Å². The fourth-order valence-electron chi connectivity index (χ4n) is 3.21. The van der Waals surface area contributed by atoms with Crippen LogP contribution < -0.4 is 5.32 Å². The van der Waals surface area contributed by atoms with Crippen LogP contribution in [0.15, 0.2) is 0 Å². The summed E-state index contributed by atoms with van der Waals surface area (Å²) in [6.45, 7) is 6.81. The molecule has 5 heteroatoms. The molecule has 1 rings (SSSR count). The Labute approximate surface area is 140 Å². The van der Waals surface area contributed by atoms with Crippen molar-refractivity contribution in [1.82, 2.24) is 10.2 Å². The van der Waals surface area contributed by atoms with Gasteiger partial charge in [0, 0.05) is 19.4 Å². The highest BCUT2D eigenvalue weighted by Gasteiger charge is 2.32. The molecule has 0 bridgehead atoms. The van der Waals surface area contributed by atoms with Crippen molar-refractivity contribution in [3.05, 3.63) is 0 Å². The van der Waals surface area contributed by atoms with Crippen LogP contribution in [0.4, 0.5) is 0 Å². The molecule has 1 heterocycles. The summed E-state index contributed by atoms with van der Waals surface area (Å²) in [5, 5.41) is 2.49. The molecule has 0 saturated carbocycles. The topological polar surface area (TPSA) is 66.5 Å². The van der Waals surface area contributed by atoms with Gasteiger partial charge in [-0.05, 0) is 25.2 Å². The van der Waals surface area contributed by atoms with Crippen molar-refractivity contribution in [1.29, 1.82) is 0 Å². The summed E-state index contributed by atoms with van der Waals surface area (Å²) < 4.78 is 0. The van der Waals surface area contributed by atoms with Gasteiger partial charge in [-0.25, -0.2) is 0 Å². The van der Waals surface area contributed by atoms with E-state index in [0.29, 0.717) is 31.7 Å². The standard InChI is InChI=1S/C18H32N2O3/c1-4-7-9-14(5-2)11-12-16(21)19-18(23)15(6-3)20-13-8-10-17(20)22/h14-15H,4-13H2,1-3H3,(H,19,21,23)/t14-,15+/m1/s1. The highest BCUT2D eigenvalue weighted by molar-refractivity contribution is 5.99. The van der Waals surface area contributed by atoms with E-state index in [2.05, 4.69) is 19.2 Å². The highest BCUT2D eigenvalue weighted by Crippen LogP contribution is 2.19. The van der Waals surface area contributed by atoms with Crippen LogP contribution in [0.5, 0.6) is 0 Å². The van der Waals surface area contributed by atoms with Gasteiger partial charge < -0.3 is 4.90 Å². The van der Waals surface area contributed by atoms with Crippen molar-refractivity contribution in [2.24, 2.45) is 5.92 Å². The van der Waals surface area contributed by atoms with E-state index in [1.165, 1.54) is 12.8 Å². The first kappa shape index (κ1) is 19.7. The Morgan fingerprint density at radius 3 is 2.43 bits per heavy atom. The number of nitrogens with one attached hydrogen (secondary N) is 1. The van der Waals surface area contributed by atoms with Gasteiger partial charge in [-0.1, -0.05) is 46.5 Å². The maximum Gasteiger partial charge on any atom is 0.249 e. The van der Waals surface area contributed by atoms with Crippen LogP contribution in [0.3, 0.4) is 0 Å². The summed E-state index contributed by atoms with van der Waals surface area (Å²) in [5.41, 5.74) is 0. The van der Waals surface area contributed by atoms with E-state index >= 15 is 0 Å². The molecule has 132 valence electrons. The van der Waals surface area contributed by atoms with Crippen molar-refractivity contribution in [2.45, 2.75) is 84.6 Å². The van der Waals surface area contributed by atoms with E-state index in [1.54, 1.807) is 4.90 Å². The quantitative estimate of drug-likeness (QED) is 0.671. The van der Waals surface area contributed by atoms with Crippen LogP contribution in [0, 0.1) is 5.92 Å². The van der Waals surface area contributed by atoms with E-state index < -0.39 is 6.04 Å². The zero-order valence-corrected chi connectivity index (χ0v) is 14.9. The number of likely N-dealkylation sites (tertiary alicyclic amines) is 1. The van der Waals surface area contributed by atoms with Crippen molar-refractivity contribution in [3.63, 3.8) is 0 Å². The molecule has 1 N–H and O–H groups in total. The van der Waals surface area contributed by atoms with Crippen molar-refractivity contribution in [3.8, 4) is 0 Å². The van der Waals surface area contributed by atoms with E-state index in [4.69, 9.17) is 0 Å². The summed E-state index contributed by atoms with van der Waals surface area (Å²) in [4.78, 5) is 37.7. The van der Waals surface area contributed by atoms with E-state index in [0.717, 1.165) is 25.7 Å². The minimum Gasteiger partial charge on any atom is -0.331 e. The molecule has 2 atom stereocenters. The first-order valence-corrected chi connectivity index (χ1v) is 9.16. The van der Waals surface area contributed by atoms with Crippen LogP contribution >= 0.6 is 0 Å². The second-order valence-electron chi connectivity index (χ2n) is 6.48. The molecule has 0 aromatic heterocycles. The number of imide groups is 1. The predicted octanol–water partition coefficient (Wildman–Crippen LogP) is 3.03. The first-order valence-electron chi connectivity index (χ1n) is 9.16. The molecule has 0 aliphatic carbocycles. The fourth-order valence-corrected chi connectivity index (χ4v) is 3.21. The van der Waals surface area contributed by atoms with E-state index in [1.807, 2.05) is 6.92 Å². The highest BCUT2D eigenvalue weighted by atomic mass is 16.2. The summed E-state index contributed by atoms with van der Waals surface area (Å²) in [6, 6.07) is -0.504. The number of hydrogen-bond acceptors (Lipinski definition) is 3. The molecule has 1 aliphatic heterocycles. The zero-order valence-electron chi connectivity index (χ0n) is 14.9. The lowest BCUT2D eigenvalue weighted by molar-refractivity contribution is -0.140. The molecule has 5 nitrogen and oxygen atoms in total. The van der Waals surface area contributed by atoms with Crippen LogP contribution in [0.2, 0.25) is 0 Å². The second-order valence-corrected chi connectivity index (χ2v) is 6.48. The van der Waals surface area contributed by atoms with E-state index in [9.17, 15) is 14.4 Å². The molecule has 3 amide bonds. The number of carbonyl (C=O) groups is 3. The average molecular weight is 324 g/mol. The lowest BCUT2D eigenvalue weighted by atomic mass is 9.94. The molecule has 1 saturated heterocycles. The minimum atomic E-state index is -0.504. The number of amides is 3. The number of hydrogen-bond donors (Lipinski definition) is 1. The van der Waals surface area contributed by atoms with Crippen molar-refractivity contribution >= 4 is 17.7 Å². The average Bonchev–Trinajstić information content (AvgIpc) is 2.94.